The molecule has 0 amide bonds. The van der Waals surface area contributed by atoms with Crippen LogP contribution in [-0.4, -0.2) is 34.9 Å². The van der Waals surface area contributed by atoms with Crippen molar-refractivity contribution in [1.82, 2.24) is 19.9 Å². The highest BCUT2D eigenvalue weighted by molar-refractivity contribution is 6.74. The molecule has 2 heterocycles. The SMILES string of the molecule is C=C(NC1CCCCC1N(C(=C)c1ccccn1)[Si](C)(C)C)c1ccccn1. The van der Waals surface area contributed by atoms with E-state index in [2.05, 4.69) is 58.7 Å². The first-order valence-electron chi connectivity index (χ1n) is 10.1. The molecule has 0 radical (unpaired) electrons. The molecular formula is C23H32N4Si. The Labute approximate surface area is 170 Å². The third-order valence-corrected chi connectivity index (χ3v) is 7.42. The van der Waals surface area contributed by atoms with E-state index in [1.807, 2.05) is 42.7 Å². The lowest BCUT2D eigenvalue weighted by Gasteiger charge is -2.49. The van der Waals surface area contributed by atoms with Gasteiger partial charge in [-0.1, -0.05) is 57.8 Å². The van der Waals surface area contributed by atoms with Gasteiger partial charge in [-0.05, 0) is 37.1 Å². The molecule has 2 aromatic heterocycles. The number of nitrogens with one attached hydrogen (secondary N) is 1. The molecule has 1 aliphatic rings. The molecule has 4 nitrogen and oxygen atoms in total. The highest BCUT2D eigenvalue weighted by Crippen LogP contribution is 2.33. The molecule has 1 N–H and O–H groups in total. The van der Waals surface area contributed by atoms with E-state index in [0.717, 1.165) is 35.6 Å². The minimum Gasteiger partial charge on any atom is -0.392 e. The summed E-state index contributed by atoms with van der Waals surface area (Å²) in [7, 11) is -1.68. The van der Waals surface area contributed by atoms with Crippen molar-refractivity contribution in [2.75, 3.05) is 0 Å². The first-order valence-corrected chi connectivity index (χ1v) is 13.6. The van der Waals surface area contributed by atoms with E-state index < -0.39 is 8.24 Å². The zero-order valence-electron chi connectivity index (χ0n) is 17.4. The molecule has 3 rings (SSSR count). The van der Waals surface area contributed by atoms with Gasteiger partial charge in [0.25, 0.3) is 0 Å². The quantitative estimate of drug-likeness (QED) is 0.661. The van der Waals surface area contributed by atoms with Crippen molar-refractivity contribution in [3.63, 3.8) is 0 Å². The maximum absolute atomic E-state index is 4.57. The Kier molecular flexibility index (Phi) is 6.34. The van der Waals surface area contributed by atoms with Crippen LogP contribution in [0.1, 0.15) is 37.1 Å². The molecule has 1 fully saturated rings. The number of nitrogens with zero attached hydrogens (tertiary/aromatic N) is 3. The van der Waals surface area contributed by atoms with Gasteiger partial charge in [0, 0.05) is 30.2 Å². The molecule has 148 valence electrons. The van der Waals surface area contributed by atoms with Crippen LogP contribution in [0.25, 0.3) is 11.4 Å². The van der Waals surface area contributed by atoms with E-state index in [-0.39, 0.29) is 0 Å². The van der Waals surface area contributed by atoms with Crippen LogP contribution in [0, 0.1) is 0 Å². The smallest absolute Gasteiger partial charge is 0.148 e. The number of aromatic nitrogens is 2. The third kappa shape index (κ3) is 4.71. The van der Waals surface area contributed by atoms with Crippen LogP contribution in [0.15, 0.2) is 61.9 Å². The lowest BCUT2D eigenvalue weighted by molar-refractivity contribution is 0.255. The van der Waals surface area contributed by atoms with Crippen molar-refractivity contribution in [1.29, 1.82) is 0 Å². The van der Waals surface area contributed by atoms with Crippen LogP contribution in [-0.2, 0) is 0 Å². The second-order valence-corrected chi connectivity index (χ2v) is 13.3. The number of hydrogen-bond donors (Lipinski definition) is 1. The first-order chi connectivity index (χ1) is 13.4. The molecule has 1 saturated carbocycles. The zero-order valence-corrected chi connectivity index (χ0v) is 18.4. The van der Waals surface area contributed by atoms with E-state index in [0.29, 0.717) is 12.1 Å². The van der Waals surface area contributed by atoms with Crippen molar-refractivity contribution in [3.05, 3.63) is 73.3 Å². The molecule has 2 aromatic rings. The summed E-state index contributed by atoms with van der Waals surface area (Å²) in [5.74, 6) is 0. The number of hydrogen-bond acceptors (Lipinski definition) is 4. The average molecular weight is 393 g/mol. The van der Waals surface area contributed by atoms with E-state index in [9.17, 15) is 0 Å². The summed E-state index contributed by atoms with van der Waals surface area (Å²) >= 11 is 0. The van der Waals surface area contributed by atoms with Crippen LogP contribution < -0.4 is 5.32 Å². The maximum Gasteiger partial charge on any atom is 0.148 e. The Bertz CT molecular complexity index is 798. The molecule has 2 atom stereocenters. The molecular weight excluding hydrogens is 360 g/mol. The summed E-state index contributed by atoms with van der Waals surface area (Å²) < 4.78 is 2.60. The molecule has 28 heavy (non-hydrogen) atoms. The molecule has 0 bridgehead atoms. The fourth-order valence-electron chi connectivity index (χ4n) is 4.19. The summed E-state index contributed by atoms with van der Waals surface area (Å²) in [5, 5.41) is 3.71. The van der Waals surface area contributed by atoms with Gasteiger partial charge in [0.2, 0.25) is 0 Å². The molecule has 0 spiro atoms. The Hall–Kier alpha value is -2.40. The fraction of sp³-hybridized carbons (Fsp3) is 0.391. The van der Waals surface area contributed by atoms with Gasteiger partial charge in [0.1, 0.15) is 8.24 Å². The molecule has 0 aliphatic heterocycles. The van der Waals surface area contributed by atoms with Gasteiger partial charge in [0.15, 0.2) is 0 Å². The van der Waals surface area contributed by atoms with Gasteiger partial charge in [-0.15, -0.1) is 0 Å². The predicted molar refractivity (Wildman–Crippen MR) is 121 cm³/mol. The normalized spacial score (nSPS) is 19.7. The second kappa shape index (κ2) is 8.74. The van der Waals surface area contributed by atoms with Gasteiger partial charge in [-0.2, -0.15) is 0 Å². The van der Waals surface area contributed by atoms with Crippen molar-refractivity contribution in [2.24, 2.45) is 0 Å². The average Bonchev–Trinajstić information content (AvgIpc) is 2.69. The van der Waals surface area contributed by atoms with Crippen LogP contribution in [0.2, 0.25) is 19.6 Å². The molecule has 5 heteroatoms. The molecule has 0 saturated heterocycles. The summed E-state index contributed by atoms with van der Waals surface area (Å²) in [5.41, 5.74) is 3.83. The van der Waals surface area contributed by atoms with Gasteiger partial charge < -0.3 is 9.88 Å². The third-order valence-electron chi connectivity index (χ3n) is 5.37. The first kappa shape index (κ1) is 20.3. The topological polar surface area (TPSA) is 41.0 Å². The van der Waals surface area contributed by atoms with Gasteiger partial charge >= 0.3 is 0 Å². The predicted octanol–water partition coefficient (Wildman–Crippen LogP) is 5.16. The van der Waals surface area contributed by atoms with Crippen molar-refractivity contribution in [3.8, 4) is 0 Å². The highest BCUT2D eigenvalue weighted by atomic mass is 28.3. The Morgan fingerprint density at radius 2 is 1.57 bits per heavy atom. The van der Waals surface area contributed by atoms with Crippen LogP contribution in [0.3, 0.4) is 0 Å². The molecule has 0 aromatic carbocycles. The lowest BCUT2D eigenvalue weighted by atomic mass is 9.89. The highest BCUT2D eigenvalue weighted by Gasteiger charge is 2.38. The van der Waals surface area contributed by atoms with Gasteiger partial charge in [-0.3, -0.25) is 9.97 Å². The van der Waals surface area contributed by atoms with Crippen molar-refractivity contribution >= 4 is 19.6 Å². The van der Waals surface area contributed by atoms with Gasteiger partial charge in [-0.25, -0.2) is 0 Å². The minimum atomic E-state index is -1.68. The summed E-state index contributed by atoms with van der Waals surface area (Å²) in [4.78, 5) is 9.03. The van der Waals surface area contributed by atoms with E-state index >= 15 is 0 Å². The largest absolute Gasteiger partial charge is 0.392 e. The van der Waals surface area contributed by atoms with E-state index in [1.54, 1.807) is 0 Å². The minimum absolute atomic E-state index is 0.329. The summed E-state index contributed by atoms with van der Waals surface area (Å²) in [6, 6.07) is 12.7. The van der Waals surface area contributed by atoms with E-state index in [1.165, 1.54) is 12.8 Å². The monoisotopic (exact) mass is 392 g/mol. The van der Waals surface area contributed by atoms with Crippen LogP contribution >= 0.6 is 0 Å². The van der Waals surface area contributed by atoms with Crippen molar-refractivity contribution < 1.29 is 0 Å². The standard InChI is InChI=1S/C23H32N4Si/c1-18(20-12-8-10-16-24-20)26-22-14-6-7-15-23(22)27(28(3,4)5)19(2)21-13-9-11-17-25-21/h8-13,16-17,22-23,26H,1-2,6-7,14-15H2,3-5H3. The lowest BCUT2D eigenvalue weighted by Crippen LogP contribution is -2.58. The Morgan fingerprint density at radius 3 is 2.14 bits per heavy atom. The number of pyridine rings is 2. The summed E-state index contributed by atoms with van der Waals surface area (Å²) in [6.45, 7) is 15.9. The zero-order chi connectivity index (χ0) is 20.1. The number of rotatable bonds is 7. The molecule has 2 unspecified atom stereocenters. The second-order valence-electron chi connectivity index (χ2n) is 8.50. The van der Waals surface area contributed by atoms with Crippen LogP contribution in [0.5, 0.6) is 0 Å². The summed E-state index contributed by atoms with van der Waals surface area (Å²) in [6.07, 6.45) is 8.44. The Morgan fingerprint density at radius 1 is 0.964 bits per heavy atom. The van der Waals surface area contributed by atoms with Crippen LogP contribution in [0.4, 0.5) is 0 Å². The Balaban J connectivity index is 1.86. The van der Waals surface area contributed by atoms with Crippen molar-refractivity contribution in [2.45, 2.75) is 57.4 Å². The van der Waals surface area contributed by atoms with E-state index in [4.69, 9.17) is 0 Å². The van der Waals surface area contributed by atoms with Gasteiger partial charge in [0.05, 0.1) is 17.1 Å². The fourth-order valence-corrected chi connectivity index (χ4v) is 6.42. The molecule has 1 aliphatic carbocycles. The maximum atomic E-state index is 4.57.